The van der Waals surface area contributed by atoms with Crippen molar-refractivity contribution in [3.05, 3.63) is 27.0 Å². The number of nitrogen functional groups attached to an aromatic ring is 1. The molecule has 3 aromatic rings. The van der Waals surface area contributed by atoms with Gasteiger partial charge in [0.05, 0.1) is 21.3 Å². The molecule has 1 atom stereocenters. The van der Waals surface area contributed by atoms with Crippen LogP contribution in [0.4, 0.5) is 10.8 Å². The highest BCUT2D eigenvalue weighted by atomic mass is 32.1. The Morgan fingerprint density at radius 2 is 2.24 bits per heavy atom. The largest absolute Gasteiger partial charge is 0.382 e. The van der Waals surface area contributed by atoms with Crippen molar-refractivity contribution in [3.63, 3.8) is 0 Å². The number of nitrogens with one attached hydrogen (secondary N) is 1. The molecule has 0 radical (unpaired) electrons. The Bertz CT molecular complexity index is 716. The third-order valence-electron chi connectivity index (χ3n) is 3.04. The first kappa shape index (κ1) is 14.4. The van der Waals surface area contributed by atoms with Gasteiger partial charge in [-0.3, -0.25) is 0 Å². The second kappa shape index (κ2) is 6.08. The summed E-state index contributed by atoms with van der Waals surface area (Å²) in [6.45, 7) is 4.94. The zero-order chi connectivity index (χ0) is 14.8. The quantitative estimate of drug-likeness (QED) is 0.740. The Labute approximate surface area is 135 Å². The Morgan fingerprint density at radius 3 is 2.90 bits per heavy atom. The molecule has 8 heteroatoms. The highest BCUT2D eigenvalue weighted by Gasteiger charge is 2.17. The van der Waals surface area contributed by atoms with Gasteiger partial charge in [-0.1, -0.05) is 6.92 Å². The normalized spacial score (nSPS) is 12.5. The average molecular weight is 337 g/mol. The number of thiazole rings is 2. The van der Waals surface area contributed by atoms with Crippen molar-refractivity contribution in [3.8, 4) is 11.3 Å². The molecule has 110 valence electrons. The summed E-state index contributed by atoms with van der Waals surface area (Å²) in [6, 6.07) is 0. The zero-order valence-electron chi connectivity index (χ0n) is 11.7. The average Bonchev–Trinajstić information content (AvgIpc) is 3.17. The molecule has 0 bridgehead atoms. The standard InChI is InChI=1S/C13H15N5S3/c1-7(12-15-3-4-19-12)5-16-13-10(11(14)18-21-13)9-6-20-8(2)17-9/h3-4,6-7,16H,5H2,1-2H3,(H2,14,18). The molecule has 0 aliphatic rings. The third kappa shape index (κ3) is 3.07. The van der Waals surface area contributed by atoms with Crippen molar-refractivity contribution >= 4 is 45.0 Å². The van der Waals surface area contributed by atoms with E-state index in [2.05, 4.69) is 26.6 Å². The third-order valence-corrected chi connectivity index (χ3v) is 5.64. The van der Waals surface area contributed by atoms with Crippen molar-refractivity contribution in [1.29, 1.82) is 0 Å². The van der Waals surface area contributed by atoms with Gasteiger partial charge in [-0.2, -0.15) is 4.37 Å². The minimum Gasteiger partial charge on any atom is -0.382 e. The summed E-state index contributed by atoms with van der Waals surface area (Å²) in [5.74, 6) is 0.882. The van der Waals surface area contributed by atoms with Crippen molar-refractivity contribution in [1.82, 2.24) is 14.3 Å². The van der Waals surface area contributed by atoms with E-state index < -0.39 is 0 Å². The van der Waals surface area contributed by atoms with Gasteiger partial charge >= 0.3 is 0 Å². The summed E-state index contributed by atoms with van der Waals surface area (Å²) in [5, 5.41) is 10.6. The van der Waals surface area contributed by atoms with E-state index in [1.165, 1.54) is 11.5 Å². The fourth-order valence-corrected chi connectivity index (χ4v) is 3.99. The molecule has 5 nitrogen and oxygen atoms in total. The van der Waals surface area contributed by atoms with Crippen LogP contribution in [0, 0.1) is 6.92 Å². The molecular weight excluding hydrogens is 322 g/mol. The molecule has 3 heterocycles. The fraction of sp³-hybridized carbons (Fsp3) is 0.308. The monoisotopic (exact) mass is 337 g/mol. The number of nitrogens with two attached hydrogens (primary N) is 1. The maximum atomic E-state index is 6.00. The predicted octanol–water partition coefficient (Wildman–Crippen LogP) is 3.83. The topological polar surface area (TPSA) is 76.7 Å². The van der Waals surface area contributed by atoms with Crippen molar-refractivity contribution in [2.45, 2.75) is 19.8 Å². The molecule has 0 aliphatic heterocycles. The van der Waals surface area contributed by atoms with Crippen LogP contribution in [0.1, 0.15) is 22.9 Å². The minimum atomic E-state index is 0.346. The number of nitrogens with zero attached hydrogens (tertiary/aromatic N) is 3. The predicted molar refractivity (Wildman–Crippen MR) is 91.4 cm³/mol. The molecular formula is C13H15N5S3. The molecule has 3 aromatic heterocycles. The highest BCUT2D eigenvalue weighted by Crippen LogP contribution is 2.37. The lowest BCUT2D eigenvalue weighted by Gasteiger charge is -2.10. The highest BCUT2D eigenvalue weighted by molar-refractivity contribution is 7.11. The van der Waals surface area contributed by atoms with Gasteiger partial charge in [-0.25, -0.2) is 9.97 Å². The zero-order valence-corrected chi connectivity index (χ0v) is 14.1. The van der Waals surface area contributed by atoms with Crippen LogP contribution in [0.15, 0.2) is 17.0 Å². The molecule has 3 N–H and O–H groups in total. The number of hydrogen-bond donors (Lipinski definition) is 2. The first-order chi connectivity index (χ1) is 10.1. The number of rotatable bonds is 5. The van der Waals surface area contributed by atoms with Gasteiger partial charge in [0.1, 0.15) is 10.8 Å². The number of hydrogen-bond acceptors (Lipinski definition) is 8. The van der Waals surface area contributed by atoms with Gasteiger partial charge in [-0.05, 0) is 18.5 Å². The SMILES string of the molecule is Cc1nc(-c2c(N)nsc2NCC(C)c2nccs2)cs1. The molecule has 3 rings (SSSR count). The number of aryl methyl sites for hydroxylation is 1. The van der Waals surface area contributed by atoms with E-state index in [0.717, 1.165) is 32.8 Å². The van der Waals surface area contributed by atoms with E-state index >= 15 is 0 Å². The second-order valence-electron chi connectivity index (χ2n) is 4.68. The summed E-state index contributed by atoms with van der Waals surface area (Å²) in [6.07, 6.45) is 1.84. The molecule has 0 aliphatic carbocycles. The summed E-state index contributed by atoms with van der Waals surface area (Å²) in [7, 11) is 0. The van der Waals surface area contributed by atoms with Crippen molar-refractivity contribution in [2.24, 2.45) is 0 Å². The van der Waals surface area contributed by atoms with E-state index in [9.17, 15) is 0 Å². The van der Waals surface area contributed by atoms with Crippen LogP contribution in [0.2, 0.25) is 0 Å². The minimum absolute atomic E-state index is 0.346. The molecule has 0 saturated carbocycles. The summed E-state index contributed by atoms with van der Waals surface area (Å²) in [4.78, 5) is 8.86. The fourth-order valence-electron chi connectivity index (χ4n) is 1.96. The summed E-state index contributed by atoms with van der Waals surface area (Å²) >= 11 is 4.67. The lowest BCUT2D eigenvalue weighted by Crippen LogP contribution is -2.09. The number of anilines is 2. The molecule has 0 aromatic carbocycles. The Kier molecular flexibility index (Phi) is 4.18. The Morgan fingerprint density at radius 1 is 1.38 bits per heavy atom. The molecule has 0 amide bonds. The first-order valence-corrected chi connectivity index (χ1v) is 8.99. The Hall–Kier alpha value is -1.51. The van der Waals surface area contributed by atoms with E-state index in [1.54, 1.807) is 22.7 Å². The van der Waals surface area contributed by atoms with E-state index in [-0.39, 0.29) is 0 Å². The summed E-state index contributed by atoms with van der Waals surface area (Å²) in [5.41, 5.74) is 7.81. The van der Waals surface area contributed by atoms with Gasteiger partial charge in [-0.15, -0.1) is 22.7 Å². The molecule has 1 unspecified atom stereocenters. The maximum absolute atomic E-state index is 6.00. The molecule has 0 saturated heterocycles. The van der Waals surface area contributed by atoms with Gasteiger partial charge in [0.15, 0.2) is 0 Å². The number of aromatic nitrogens is 3. The van der Waals surface area contributed by atoms with E-state index in [4.69, 9.17) is 5.73 Å². The first-order valence-electron chi connectivity index (χ1n) is 6.46. The van der Waals surface area contributed by atoms with Crippen LogP contribution in [-0.2, 0) is 0 Å². The molecule has 0 spiro atoms. The summed E-state index contributed by atoms with van der Waals surface area (Å²) < 4.78 is 4.25. The Balaban J connectivity index is 1.77. The van der Waals surface area contributed by atoms with Crippen LogP contribution in [0.5, 0.6) is 0 Å². The van der Waals surface area contributed by atoms with Gasteiger partial charge < -0.3 is 11.1 Å². The van der Waals surface area contributed by atoms with Crippen molar-refractivity contribution in [2.75, 3.05) is 17.6 Å². The van der Waals surface area contributed by atoms with Gasteiger partial charge in [0.25, 0.3) is 0 Å². The van der Waals surface area contributed by atoms with Crippen LogP contribution in [0.25, 0.3) is 11.3 Å². The van der Waals surface area contributed by atoms with Crippen LogP contribution in [-0.4, -0.2) is 20.9 Å². The van der Waals surface area contributed by atoms with E-state index in [1.807, 2.05) is 23.9 Å². The van der Waals surface area contributed by atoms with Crippen molar-refractivity contribution < 1.29 is 0 Å². The van der Waals surface area contributed by atoms with Crippen LogP contribution >= 0.6 is 34.2 Å². The van der Waals surface area contributed by atoms with Gasteiger partial charge in [0.2, 0.25) is 0 Å². The molecule has 21 heavy (non-hydrogen) atoms. The van der Waals surface area contributed by atoms with E-state index in [0.29, 0.717) is 11.7 Å². The smallest absolute Gasteiger partial charge is 0.148 e. The van der Waals surface area contributed by atoms with Gasteiger partial charge in [0, 0.05) is 29.4 Å². The van der Waals surface area contributed by atoms with Crippen LogP contribution in [0.3, 0.4) is 0 Å². The lowest BCUT2D eigenvalue weighted by molar-refractivity contribution is 0.797. The molecule has 0 fully saturated rings. The second-order valence-corrected chi connectivity index (χ2v) is 7.44. The van der Waals surface area contributed by atoms with Crippen LogP contribution < -0.4 is 11.1 Å². The lowest BCUT2D eigenvalue weighted by atomic mass is 10.2. The maximum Gasteiger partial charge on any atom is 0.148 e.